The summed E-state index contributed by atoms with van der Waals surface area (Å²) in [6.45, 7) is 1.96. The molecule has 3 aromatic rings. The van der Waals surface area contributed by atoms with Crippen LogP contribution in [0.15, 0.2) is 71.3 Å². The SMILES string of the molecule is O=C(NC(Cc1ccccc1)c1ccccc1)c1cc(C2CCNCC2)no1. The zero-order chi connectivity index (χ0) is 19.2. The molecule has 1 fully saturated rings. The van der Waals surface area contributed by atoms with E-state index in [1.165, 1.54) is 5.56 Å². The summed E-state index contributed by atoms with van der Waals surface area (Å²) < 4.78 is 5.38. The summed E-state index contributed by atoms with van der Waals surface area (Å²) in [6.07, 6.45) is 2.76. The molecular formula is C23H25N3O2. The fourth-order valence-electron chi connectivity index (χ4n) is 3.72. The molecule has 0 bridgehead atoms. The molecule has 1 amide bonds. The average molecular weight is 375 g/mol. The molecule has 2 aromatic carbocycles. The Morgan fingerprint density at radius 1 is 1.07 bits per heavy atom. The molecule has 1 saturated heterocycles. The first kappa shape index (κ1) is 18.4. The van der Waals surface area contributed by atoms with Crippen molar-refractivity contribution >= 4 is 5.91 Å². The maximum atomic E-state index is 12.9. The van der Waals surface area contributed by atoms with Gasteiger partial charge in [0.2, 0.25) is 5.76 Å². The van der Waals surface area contributed by atoms with Crippen LogP contribution in [0.25, 0.3) is 0 Å². The maximum Gasteiger partial charge on any atom is 0.290 e. The molecule has 28 heavy (non-hydrogen) atoms. The van der Waals surface area contributed by atoms with Crippen molar-refractivity contribution in [2.75, 3.05) is 13.1 Å². The minimum Gasteiger partial charge on any atom is -0.351 e. The number of nitrogens with one attached hydrogen (secondary N) is 2. The van der Waals surface area contributed by atoms with Crippen LogP contribution in [-0.4, -0.2) is 24.2 Å². The lowest BCUT2D eigenvalue weighted by atomic mass is 9.94. The van der Waals surface area contributed by atoms with E-state index in [1.807, 2.05) is 48.5 Å². The number of carbonyl (C=O) groups is 1. The lowest BCUT2D eigenvalue weighted by Gasteiger charge is -2.20. The average Bonchev–Trinajstić information content (AvgIpc) is 3.26. The Balaban J connectivity index is 1.50. The maximum absolute atomic E-state index is 12.9. The Morgan fingerprint density at radius 2 is 1.75 bits per heavy atom. The van der Waals surface area contributed by atoms with Crippen LogP contribution in [0.1, 0.15) is 52.2 Å². The van der Waals surface area contributed by atoms with Crippen molar-refractivity contribution in [3.63, 3.8) is 0 Å². The lowest BCUT2D eigenvalue weighted by Crippen LogP contribution is -2.29. The third-order valence-electron chi connectivity index (χ3n) is 5.30. The molecule has 5 nitrogen and oxygen atoms in total. The van der Waals surface area contributed by atoms with Gasteiger partial charge >= 0.3 is 0 Å². The highest BCUT2D eigenvalue weighted by Crippen LogP contribution is 2.25. The van der Waals surface area contributed by atoms with Crippen LogP contribution in [0.3, 0.4) is 0 Å². The normalized spacial score (nSPS) is 15.9. The van der Waals surface area contributed by atoms with Gasteiger partial charge < -0.3 is 15.2 Å². The lowest BCUT2D eigenvalue weighted by molar-refractivity contribution is 0.0899. The molecule has 1 atom stereocenters. The predicted octanol–water partition coefficient (Wildman–Crippen LogP) is 3.86. The molecule has 1 aliphatic heterocycles. The van der Waals surface area contributed by atoms with E-state index in [0.717, 1.165) is 37.2 Å². The van der Waals surface area contributed by atoms with Gasteiger partial charge in [0.1, 0.15) is 0 Å². The van der Waals surface area contributed by atoms with Crippen molar-refractivity contribution in [1.82, 2.24) is 15.8 Å². The van der Waals surface area contributed by atoms with Crippen LogP contribution in [0.2, 0.25) is 0 Å². The molecule has 0 spiro atoms. The molecular weight excluding hydrogens is 350 g/mol. The Morgan fingerprint density at radius 3 is 2.46 bits per heavy atom. The Bertz CT molecular complexity index is 886. The fraction of sp³-hybridized carbons (Fsp3) is 0.304. The van der Waals surface area contributed by atoms with E-state index in [2.05, 4.69) is 27.9 Å². The second-order valence-corrected chi connectivity index (χ2v) is 7.27. The number of rotatable bonds is 6. The van der Waals surface area contributed by atoms with Crippen LogP contribution in [0, 0.1) is 0 Å². The summed E-state index contributed by atoms with van der Waals surface area (Å²) in [7, 11) is 0. The number of nitrogens with zero attached hydrogens (tertiary/aromatic N) is 1. The first-order chi connectivity index (χ1) is 13.8. The number of hydrogen-bond donors (Lipinski definition) is 2. The van der Waals surface area contributed by atoms with Crippen LogP contribution in [0.5, 0.6) is 0 Å². The monoisotopic (exact) mass is 375 g/mol. The van der Waals surface area contributed by atoms with Gasteiger partial charge in [0.25, 0.3) is 5.91 Å². The third-order valence-corrected chi connectivity index (χ3v) is 5.30. The Labute approximate surface area is 165 Å². The number of benzene rings is 2. The molecule has 0 saturated carbocycles. The van der Waals surface area contributed by atoms with Crippen molar-refractivity contribution in [2.24, 2.45) is 0 Å². The van der Waals surface area contributed by atoms with Crippen molar-refractivity contribution in [2.45, 2.75) is 31.2 Å². The number of carbonyl (C=O) groups excluding carboxylic acids is 1. The first-order valence-corrected chi connectivity index (χ1v) is 9.86. The highest BCUT2D eigenvalue weighted by atomic mass is 16.5. The van der Waals surface area contributed by atoms with Crippen molar-refractivity contribution in [3.05, 3.63) is 89.3 Å². The smallest absolute Gasteiger partial charge is 0.290 e. The molecule has 0 radical (unpaired) electrons. The van der Waals surface area contributed by atoms with Crippen LogP contribution in [0.4, 0.5) is 0 Å². The van der Waals surface area contributed by atoms with Gasteiger partial charge in [-0.05, 0) is 43.5 Å². The molecule has 144 valence electrons. The second-order valence-electron chi connectivity index (χ2n) is 7.27. The van der Waals surface area contributed by atoms with Gasteiger partial charge in [-0.3, -0.25) is 4.79 Å². The van der Waals surface area contributed by atoms with Crippen LogP contribution in [-0.2, 0) is 6.42 Å². The standard InChI is InChI=1S/C23H25N3O2/c27-23(22-16-21(26-28-22)19-11-13-24-14-12-19)25-20(18-9-5-2-6-10-18)15-17-7-3-1-4-8-17/h1-10,16,19-20,24H,11-15H2,(H,25,27). The van der Waals surface area contributed by atoms with E-state index in [9.17, 15) is 4.79 Å². The second kappa shape index (κ2) is 8.85. The number of aromatic nitrogens is 1. The quantitative estimate of drug-likeness (QED) is 0.687. The number of piperidine rings is 1. The molecule has 4 rings (SSSR count). The van der Waals surface area contributed by atoms with E-state index >= 15 is 0 Å². The summed E-state index contributed by atoms with van der Waals surface area (Å²) in [5, 5.41) is 10.6. The largest absolute Gasteiger partial charge is 0.351 e. The molecule has 1 aromatic heterocycles. The zero-order valence-corrected chi connectivity index (χ0v) is 15.8. The van der Waals surface area contributed by atoms with Gasteiger partial charge in [-0.25, -0.2) is 0 Å². The number of amides is 1. The molecule has 0 aliphatic carbocycles. The van der Waals surface area contributed by atoms with E-state index in [1.54, 1.807) is 6.07 Å². The van der Waals surface area contributed by atoms with Gasteiger partial charge in [-0.15, -0.1) is 0 Å². The minimum atomic E-state index is -0.225. The topological polar surface area (TPSA) is 67.2 Å². The summed E-state index contributed by atoms with van der Waals surface area (Å²) in [5.41, 5.74) is 3.12. The van der Waals surface area contributed by atoms with Crippen LogP contribution >= 0.6 is 0 Å². The Kier molecular flexibility index (Phi) is 5.83. The van der Waals surface area contributed by atoms with E-state index in [-0.39, 0.29) is 17.7 Å². The van der Waals surface area contributed by atoms with E-state index in [4.69, 9.17) is 4.52 Å². The Hall–Kier alpha value is -2.92. The van der Waals surface area contributed by atoms with Crippen molar-refractivity contribution in [1.29, 1.82) is 0 Å². The molecule has 1 unspecified atom stereocenters. The molecule has 2 N–H and O–H groups in total. The van der Waals surface area contributed by atoms with Crippen molar-refractivity contribution < 1.29 is 9.32 Å². The fourth-order valence-corrected chi connectivity index (χ4v) is 3.72. The highest BCUT2D eigenvalue weighted by molar-refractivity contribution is 5.91. The molecule has 2 heterocycles. The molecule has 1 aliphatic rings. The van der Waals surface area contributed by atoms with E-state index < -0.39 is 0 Å². The highest BCUT2D eigenvalue weighted by Gasteiger charge is 2.23. The zero-order valence-electron chi connectivity index (χ0n) is 15.8. The van der Waals surface area contributed by atoms with Gasteiger partial charge in [0, 0.05) is 12.0 Å². The summed E-state index contributed by atoms with van der Waals surface area (Å²) in [6, 6.07) is 21.9. The van der Waals surface area contributed by atoms with Gasteiger partial charge in [-0.2, -0.15) is 0 Å². The van der Waals surface area contributed by atoms with Crippen LogP contribution < -0.4 is 10.6 Å². The molecule has 5 heteroatoms. The summed E-state index contributed by atoms with van der Waals surface area (Å²) in [5.74, 6) is 0.417. The van der Waals surface area contributed by atoms with Crippen molar-refractivity contribution in [3.8, 4) is 0 Å². The van der Waals surface area contributed by atoms with Gasteiger partial charge in [-0.1, -0.05) is 65.8 Å². The van der Waals surface area contributed by atoms with E-state index in [0.29, 0.717) is 12.3 Å². The minimum absolute atomic E-state index is 0.136. The number of hydrogen-bond acceptors (Lipinski definition) is 4. The summed E-state index contributed by atoms with van der Waals surface area (Å²) >= 11 is 0. The third kappa shape index (κ3) is 4.49. The summed E-state index contributed by atoms with van der Waals surface area (Å²) in [4.78, 5) is 12.9. The predicted molar refractivity (Wildman–Crippen MR) is 108 cm³/mol. The van der Waals surface area contributed by atoms with Gasteiger partial charge in [0.15, 0.2) is 0 Å². The first-order valence-electron chi connectivity index (χ1n) is 9.86. The van der Waals surface area contributed by atoms with Gasteiger partial charge in [0.05, 0.1) is 11.7 Å².